The second-order valence-electron chi connectivity index (χ2n) is 6.09. The van der Waals surface area contributed by atoms with Crippen LogP contribution in [0, 0.1) is 13.8 Å². The van der Waals surface area contributed by atoms with Gasteiger partial charge < -0.3 is 10.1 Å². The fourth-order valence-corrected chi connectivity index (χ4v) is 2.93. The second kappa shape index (κ2) is 6.96. The number of aromatic nitrogens is 4. The Hall–Kier alpha value is -2.83. The molecule has 1 amide bonds. The summed E-state index contributed by atoms with van der Waals surface area (Å²) in [5.41, 5.74) is 4.09. The lowest BCUT2D eigenvalue weighted by Crippen LogP contribution is -2.24. The van der Waals surface area contributed by atoms with E-state index in [1.54, 1.807) is 13.3 Å². The number of methoxy groups -OCH3 is 1. The minimum atomic E-state index is -0.000172. The molecule has 0 saturated carbocycles. The van der Waals surface area contributed by atoms with Gasteiger partial charge >= 0.3 is 0 Å². The molecule has 0 spiro atoms. The van der Waals surface area contributed by atoms with E-state index in [-0.39, 0.29) is 5.91 Å². The molecule has 2 heterocycles. The van der Waals surface area contributed by atoms with Crippen LogP contribution in [-0.4, -0.2) is 32.6 Å². The highest BCUT2D eigenvalue weighted by Gasteiger charge is 2.11. The van der Waals surface area contributed by atoms with Crippen LogP contribution in [0.15, 0.2) is 24.4 Å². The highest BCUT2D eigenvalue weighted by atomic mass is 16.5. The zero-order chi connectivity index (χ0) is 18.0. The van der Waals surface area contributed by atoms with Crippen molar-refractivity contribution in [1.82, 2.24) is 24.9 Å². The van der Waals surface area contributed by atoms with E-state index in [0.29, 0.717) is 19.5 Å². The lowest BCUT2D eigenvalue weighted by molar-refractivity contribution is -0.121. The molecule has 3 rings (SSSR count). The lowest BCUT2D eigenvalue weighted by Gasteiger charge is -2.07. The van der Waals surface area contributed by atoms with Crippen molar-refractivity contribution in [1.29, 1.82) is 0 Å². The summed E-state index contributed by atoms with van der Waals surface area (Å²) in [6.45, 7) is 5.00. The molecule has 7 heteroatoms. The van der Waals surface area contributed by atoms with Crippen molar-refractivity contribution in [2.75, 3.05) is 7.11 Å². The van der Waals surface area contributed by atoms with Gasteiger partial charge in [0.2, 0.25) is 5.91 Å². The lowest BCUT2D eigenvalue weighted by atomic mass is 10.2. The first-order valence-electron chi connectivity index (χ1n) is 8.25. The van der Waals surface area contributed by atoms with Crippen LogP contribution in [0.3, 0.4) is 0 Å². The minimum Gasteiger partial charge on any atom is -0.497 e. The molecule has 1 N–H and O–H groups in total. The van der Waals surface area contributed by atoms with Crippen LogP contribution in [0.4, 0.5) is 0 Å². The third kappa shape index (κ3) is 3.50. The topological polar surface area (TPSA) is 74.0 Å². The third-order valence-electron chi connectivity index (χ3n) is 4.52. The van der Waals surface area contributed by atoms with Gasteiger partial charge in [0.05, 0.1) is 31.1 Å². The van der Waals surface area contributed by atoms with Crippen LogP contribution in [0.2, 0.25) is 0 Å². The van der Waals surface area contributed by atoms with E-state index in [1.807, 2.05) is 48.5 Å². The summed E-state index contributed by atoms with van der Waals surface area (Å²) in [5, 5.41) is 12.7. The number of benzene rings is 1. The molecule has 132 valence electrons. The summed E-state index contributed by atoms with van der Waals surface area (Å²) < 4.78 is 8.89. The number of rotatable bonds is 6. The Bertz CT molecular complexity index is 910. The SMILES string of the molecule is COc1ccc2c(cnn2CCC(=O)NCc2c(C)nn(C)c2C)c1. The van der Waals surface area contributed by atoms with Crippen LogP contribution in [-0.2, 0) is 24.9 Å². The van der Waals surface area contributed by atoms with Crippen molar-refractivity contribution < 1.29 is 9.53 Å². The molecule has 0 aliphatic rings. The predicted octanol–water partition coefficient (Wildman–Crippen LogP) is 2.10. The summed E-state index contributed by atoms with van der Waals surface area (Å²) in [4.78, 5) is 12.2. The molecule has 25 heavy (non-hydrogen) atoms. The number of carbonyl (C=O) groups is 1. The first-order chi connectivity index (χ1) is 12.0. The first-order valence-corrected chi connectivity index (χ1v) is 8.25. The van der Waals surface area contributed by atoms with Gasteiger partial charge in [-0.15, -0.1) is 0 Å². The number of carbonyl (C=O) groups excluding carboxylic acids is 1. The molecular formula is C18H23N5O2. The molecule has 0 aliphatic heterocycles. The van der Waals surface area contributed by atoms with Crippen molar-refractivity contribution in [3.8, 4) is 5.75 Å². The first kappa shape index (κ1) is 17.0. The van der Waals surface area contributed by atoms with Gasteiger partial charge in [0, 0.05) is 36.7 Å². The average molecular weight is 341 g/mol. The van der Waals surface area contributed by atoms with E-state index in [4.69, 9.17) is 4.74 Å². The monoisotopic (exact) mass is 341 g/mol. The van der Waals surface area contributed by atoms with Gasteiger partial charge in [-0.25, -0.2) is 0 Å². The van der Waals surface area contributed by atoms with Crippen molar-refractivity contribution in [3.05, 3.63) is 41.3 Å². The van der Waals surface area contributed by atoms with Crippen molar-refractivity contribution in [3.63, 3.8) is 0 Å². The number of nitrogens with zero attached hydrogens (tertiary/aromatic N) is 4. The van der Waals surface area contributed by atoms with E-state index < -0.39 is 0 Å². The molecule has 0 saturated heterocycles. The van der Waals surface area contributed by atoms with E-state index in [0.717, 1.165) is 33.6 Å². The fourth-order valence-electron chi connectivity index (χ4n) is 2.93. The zero-order valence-corrected chi connectivity index (χ0v) is 15.0. The number of amides is 1. The molecular weight excluding hydrogens is 318 g/mol. The van der Waals surface area contributed by atoms with E-state index >= 15 is 0 Å². The molecule has 1 aromatic carbocycles. The molecule has 7 nitrogen and oxygen atoms in total. The maximum atomic E-state index is 12.2. The molecule has 0 fully saturated rings. The summed E-state index contributed by atoms with van der Waals surface area (Å²) in [7, 11) is 3.55. The second-order valence-corrected chi connectivity index (χ2v) is 6.09. The molecule has 3 aromatic rings. The van der Waals surface area contributed by atoms with Gasteiger partial charge in [-0.3, -0.25) is 14.2 Å². The third-order valence-corrected chi connectivity index (χ3v) is 4.52. The minimum absolute atomic E-state index is 0.000172. The maximum absolute atomic E-state index is 12.2. The summed E-state index contributed by atoms with van der Waals surface area (Å²) in [6, 6.07) is 5.79. The smallest absolute Gasteiger partial charge is 0.222 e. The maximum Gasteiger partial charge on any atom is 0.222 e. The quantitative estimate of drug-likeness (QED) is 0.745. The van der Waals surface area contributed by atoms with Crippen LogP contribution >= 0.6 is 0 Å². The molecule has 0 aliphatic carbocycles. The molecule has 0 bridgehead atoms. The van der Waals surface area contributed by atoms with E-state index in [2.05, 4.69) is 15.5 Å². The number of nitrogens with one attached hydrogen (secondary N) is 1. The zero-order valence-electron chi connectivity index (χ0n) is 15.0. The van der Waals surface area contributed by atoms with Gasteiger partial charge in [0.15, 0.2) is 0 Å². The molecule has 0 radical (unpaired) electrons. The summed E-state index contributed by atoms with van der Waals surface area (Å²) in [5.74, 6) is 0.798. The van der Waals surface area contributed by atoms with Gasteiger partial charge in [-0.05, 0) is 32.0 Å². The fraction of sp³-hybridized carbons (Fsp3) is 0.389. The normalized spacial score (nSPS) is 11.0. The number of fused-ring (bicyclic) bond motifs is 1. The Morgan fingerprint density at radius 3 is 2.80 bits per heavy atom. The molecule has 0 unspecified atom stereocenters. The van der Waals surface area contributed by atoms with Crippen LogP contribution < -0.4 is 10.1 Å². The van der Waals surface area contributed by atoms with Crippen molar-refractivity contribution in [2.45, 2.75) is 33.4 Å². The molecule has 2 aromatic heterocycles. The standard InChI is InChI=1S/C18H23N5O2/c1-12-16(13(2)22(3)21-12)11-19-18(24)7-8-23-17-6-5-15(25-4)9-14(17)10-20-23/h5-6,9-10H,7-8,11H2,1-4H3,(H,19,24). The van der Waals surface area contributed by atoms with Gasteiger partial charge in [-0.1, -0.05) is 0 Å². The number of hydrogen-bond donors (Lipinski definition) is 1. The summed E-state index contributed by atoms with van der Waals surface area (Å²) in [6.07, 6.45) is 2.17. The largest absolute Gasteiger partial charge is 0.497 e. The van der Waals surface area contributed by atoms with E-state index in [1.165, 1.54) is 0 Å². The Labute approximate surface area is 146 Å². The number of aryl methyl sites for hydroxylation is 3. The van der Waals surface area contributed by atoms with Crippen LogP contribution in [0.25, 0.3) is 10.9 Å². The van der Waals surface area contributed by atoms with Crippen LogP contribution in [0.5, 0.6) is 5.75 Å². The van der Waals surface area contributed by atoms with Crippen LogP contribution in [0.1, 0.15) is 23.4 Å². The molecule has 0 atom stereocenters. The van der Waals surface area contributed by atoms with Crippen molar-refractivity contribution in [2.24, 2.45) is 7.05 Å². The highest BCUT2D eigenvalue weighted by molar-refractivity contribution is 5.80. The number of hydrogen-bond acceptors (Lipinski definition) is 4. The van der Waals surface area contributed by atoms with Gasteiger partial charge in [-0.2, -0.15) is 10.2 Å². The predicted molar refractivity (Wildman–Crippen MR) is 95.4 cm³/mol. The highest BCUT2D eigenvalue weighted by Crippen LogP contribution is 2.20. The Kier molecular flexibility index (Phi) is 4.74. The Balaban J connectivity index is 1.59. The summed E-state index contributed by atoms with van der Waals surface area (Å²) >= 11 is 0. The van der Waals surface area contributed by atoms with Crippen molar-refractivity contribution >= 4 is 16.8 Å². The van der Waals surface area contributed by atoms with Gasteiger partial charge in [0.1, 0.15) is 5.75 Å². The van der Waals surface area contributed by atoms with E-state index in [9.17, 15) is 4.79 Å². The van der Waals surface area contributed by atoms with Gasteiger partial charge in [0.25, 0.3) is 0 Å². The Morgan fingerprint density at radius 1 is 1.32 bits per heavy atom. The average Bonchev–Trinajstić information content (AvgIpc) is 3.11. The number of ether oxygens (including phenoxy) is 1. The Morgan fingerprint density at radius 2 is 2.12 bits per heavy atom.